The number of rotatable bonds is 11. The Morgan fingerprint density at radius 3 is 2.22 bits per heavy atom. The van der Waals surface area contributed by atoms with Crippen LogP contribution in [0.2, 0.25) is 0 Å². The number of methoxy groups -OCH3 is 1. The summed E-state index contributed by atoms with van der Waals surface area (Å²) in [6, 6.07) is 6.47. The van der Waals surface area contributed by atoms with Gasteiger partial charge in [-0.25, -0.2) is 4.79 Å². The number of carbonyl (C=O) groups excluding carboxylic acids is 3. The molecule has 200 valence electrons. The average Bonchev–Trinajstić information content (AvgIpc) is 2.81. The van der Waals surface area contributed by atoms with Gasteiger partial charge < -0.3 is 25.2 Å². The number of carbonyl (C=O) groups is 4. The molecule has 0 bridgehead atoms. The van der Waals surface area contributed by atoms with Crippen molar-refractivity contribution in [2.24, 2.45) is 0 Å². The number of aliphatic carboxylic acids is 1. The smallest absolute Gasteiger partial charge is 0.329 e. The van der Waals surface area contributed by atoms with Gasteiger partial charge in [-0.3, -0.25) is 14.4 Å². The molecule has 1 aliphatic rings. The number of ether oxygens (including phenoxy) is 2. The van der Waals surface area contributed by atoms with E-state index in [0.29, 0.717) is 19.3 Å². The first-order valence-corrected chi connectivity index (χ1v) is 12.6. The Labute approximate surface area is 213 Å². The van der Waals surface area contributed by atoms with Crippen LogP contribution in [0.5, 0.6) is 5.75 Å². The van der Waals surface area contributed by atoms with Crippen molar-refractivity contribution in [2.75, 3.05) is 7.11 Å². The number of esters is 1. The second-order valence-corrected chi connectivity index (χ2v) is 10.4. The highest BCUT2D eigenvalue weighted by molar-refractivity contribution is 5.94. The van der Waals surface area contributed by atoms with Crippen LogP contribution in [0.15, 0.2) is 24.3 Å². The fraction of sp³-hybridized carbons (Fsp3) is 0.630. The second-order valence-electron chi connectivity index (χ2n) is 10.4. The van der Waals surface area contributed by atoms with E-state index < -0.39 is 35.0 Å². The van der Waals surface area contributed by atoms with E-state index in [-0.39, 0.29) is 37.5 Å². The second kappa shape index (κ2) is 12.7. The van der Waals surface area contributed by atoms with Gasteiger partial charge in [0.15, 0.2) is 0 Å². The van der Waals surface area contributed by atoms with Crippen LogP contribution in [-0.2, 0) is 23.9 Å². The number of hydrogen-bond donors (Lipinski definition) is 3. The predicted molar refractivity (Wildman–Crippen MR) is 135 cm³/mol. The van der Waals surface area contributed by atoms with Crippen LogP contribution in [-0.4, -0.2) is 53.2 Å². The number of nitrogens with one attached hydrogen (secondary N) is 2. The van der Waals surface area contributed by atoms with Crippen LogP contribution >= 0.6 is 0 Å². The zero-order valence-electron chi connectivity index (χ0n) is 22.0. The molecule has 9 heteroatoms. The zero-order chi connectivity index (χ0) is 26.9. The third kappa shape index (κ3) is 8.53. The summed E-state index contributed by atoms with van der Waals surface area (Å²) in [7, 11) is 1.60. The van der Waals surface area contributed by atoms with Crippen LogP contribution < -0.4 is 15.4 Å². The molecule has 0 aliphatic heterocycles. The lowest BCUT2D eigenvalue weighted by Crippen LogP contribution is -2.60. The number of carboxylic acid groups (broad SMARTS) is 1. The third-order valence-electron chi connectivity index (χ3n) is 6.40. The van der Waals surface area contributed by atoms with Gasteiger partial charge in [-0.05, 0) is 76.5 Å². The minimum absolute atomic E-state index is 0.159. The molecule has 0 heterocycles. The summed E-state index contributed by atoms with van der Waals surface area (Å²) < 4.78 is 10.5. The average molecular weight is 505 g/mol. The monoisotopic (exact) mass is 504 g/mol. The van der Waals surface area contributed by atoms with E-state index in [1.165, 1.54) is 0 Å². The molecule has 1 fully saturated rings. The summed E-state index contributed by atoms with van der Waals surface area (Å²) in [6.07, 6.45) is 2.86. The molecule has 0 aromatic heterocycles. The predicted octanol–water partition coefficient (Wildman–Crippen LogP) is 3.70. The van der Waals surface area contributed by atoms with Gasteiger partial charge in [0, 0.05) is 6.42 Å². The SMILES string of the molecule is CCCCC(=O)N[C@@H](CC(=O)OC(C)(C)C)C(=O)NC1(C(=O)O)CCC(c2ccc(OC)cc2)CC1. The van der Waals surface area contributed by atoms with Gasteiger partial charge in [0.05, 0.1) is 13.5 Å². The Hall–Kier alpha value is -3.10. The van der Waals surface area contributed by atoms with E-state index in [2.05, 4.69) is 10.6 Å². The summed E-state index contributed by atoms with van der Waals surface area (Å²) in [5.41, 5.74) is -1.14. The Kier molecular flexibility index (Phi) is 10.3. The number of amides is 2. The summed E-state index contributed by atoms with van der Waals surface area (Å²) in [6.45, 7) is 7.07. The molecule has 0 unspecified atom stereocenters. The van der Waals surface area contributed by atoms with Gasteiger partial charge in [-0.2, -0.15) is 0 Å². The van der Waals surface area contributed by atoms with E-state index in [1.807, 2.05) is 31.2 Å². The molecule has 1 aromatic carbocycles. The number of hydrogen-bond acceptors (Lipinski definition) is 6. The highest BCUT2D eigenvalue weighted by Crippen LogP contribution is 2.38. The van der Waals surface area contributed by atoms with Gasteiger partial charge >= 0.3 is 11.9 Å². The van der Waals surface area contributed by atoms with Crippen molar-refractivity contribution < 1.29 is 33.8 Å². The highest BCUT2D eigenvalue weighted by Gasteiger charge is 2.45. The molecular formula is C27H40N2O7. The largest absolute Gasteiger partial charge is 0.497 e. The van der Waals surface area contributed by atoms with Gasteiger partial charge in [-0.1, -0.05) is 25.5 Å². The number of carboxylic acids is 1. The molecule has 1 aliphatic carbocycles. The van der Waals surface area contributed by atoms with Gasteiger partial charge in [0.25, 0.3) is 0 Å². The molecule has 0 radical (unpaired) electrons. The number of unbranched alkanes of at least 4 members (excludes halogenated alkanes) is 1. The van der Waals surface area contributed by atoms with Crippen LogP contribution in [0.1, 0.15) is 90.5 Å². The summed E-state index contributed by atoms with van der Waals surface area (Å²) in [5, 5.41) is 15.3. The quantitative estimate of drug-likeness (QED) is 0.392. The van der Waals surface area contributed by atoms with Gasteiger partial charge in [0.1, 0.15) is 22.9 Å². The van der Waals surface area contributed by atoms with Crippen molar-refractivity contribution in [1.82, 2.24) is 10.6 Å². The number of benzene rings is 1. The standard InChI is InChI=1S/C27H40N2O7/c1-6-7-8-22(30)28-21(17-23(31)36-26(2,3)4)24(32)29-27(25(33)34)15-13-19(14-16-27)18-9-11-20(35-5)12-10-18/h9-12,19,21H,6-8,13-17H2,1-5H3,(H,28,30)(H,29,32)(H,33,34)/t19?,21-,27?/m0/s1. The molecule has 1 atom stereocenters. The van der Waals surface area contributed by atoms with Gasteiger partial charge in [-0.15, -0.1) is 0 Å². The van der Waals surface area contributed by atoms with E-state index in [9.17, 15) is 24.3 Å². The van der Waals surface area contributed by atoms with Crippen LogP contribution in [0.25, 0.3) is 0 Å². The van der Waals surface area contributed by atoms with Crippen molar-refractivity contribution in [3.05, 3.63) is 29.8 Å². The van der Waals surface area contributed by atoms with E-state index in [0.717, 1.165) is 17.7 Å². The summed E-state index contributed by atoms with van der Waals surface area (Å²) in [4.78, 5) is 50.4. The van der Waals surface area contributed by atoms with E-state index >= 15 is 0 Å². The Balaban J connectivity index is 2.13. The summed E-state index contributed by atoms with van der Waals surface area (Å²) >= 11 is 0. The molecule has 36 heavy (non-hydrogen) atoms. The Bertz CT molecular complexity index is 913. The van der Waals surface area contributed by atoms with Gasteiger partial charge in [0.2, 0.25) is 11.8 Å². The minimum atomic E-state index is -1.47. The fourth-order valence-electron chi connectivity index (χ4n) is 4.40. The molecular weight excluding hydrogens is 464 g/mol. The third-order valence-corrected chi connectivity index (χ3v) is 6.40. The topological polar surface area (TPSA) is 131 Å². The Morgan fingerprint density at radius 2 is 1.72 bits per heavy atom. The molecule has 3 N–H and O–H groups in total. The molecule has 2 rings (SSSR count). The van der Waals surface area contributed by atoms with Crippen molar-refractivity contribution >= 4 is 23.8 Å². The minimum Gasteiger partial charge on any atom is -0.497 e. The van der Waals surface area contributed by atoms with Crippen molar-refractivity contribution in [1.29, 1.82) is 0 Å². The summed E-state index contributed by atoms with van der Waals surface area (Å²) in [5.74, 6) is -1.93. The van der Waals surface area contributed by atoms with Crippen molar-refractivity contribution in [2.45, 2.75) is 102 Å². The van der Waals surface area contributed by atoms with Crippen LogP contribution in [0.4, 0.5) is 0 Å². The van der Waals surface area contributed by atoms with Crippen molar-refractivity contribution in [3.63, 3.8) is 0 Å². The van der Waals surface area contributed by atoms with Crippen molar-refractivity contribution in [3.8, 4) is 5.75 Å². The molecule has 1 aromatic rings. The first-order valence-electron chi connectivity index (χ1n) is 12.6. The molecule has 9 nitrogen and oxygen atoms in total. The highest BCUT2D eigenvalue weighted by atomic mass is 16.6. The Morgan fingerprint density at radius 1 is 1.11 bits per heavy atom. The van der Waals surface area contributed by atoms with E-state index in [4.69, 9.17) is 9.47 Å². The first kappa shape index (κ1) is 29.1. The zero-order valence-corrected chi connectivity index (χ0v) is 22.0. The van der Waals surface area contributed by atoms with Crippen LogP contribution in [0.3, 0.4) is 0 Å². The maximum atomic E-state index is 13.2. The lowest BCUT2D eigenvalue weighted by atomic mass is 9.74. The maximum Gasteiger partial charge on any atom is 0.329 e. The fourth-order valence-corrected chi connectivity index (χ4v) is 4.40. The van der Waals surface area contributed by atoms with Crippen LogP contribution in [0, 0.1) is 0 Å². The molecule has 0 saturated heterocycles. The van der Waals surface area contributed by atoms with E-state index in [1.54, 1.807) is 27.9 Å². The lowest BCUT2D eigenvalue weighted by molar-refractivity contribution is -0.157. The normalized spacial score (nSPS) is 20.6. The molecule has 1 saturated carbocycles. The first-order chi connectivity index (χ1) is 16.9. The lowest BCUT2D eigenvalue weighted by Gasteiger charge is -2.38. The molecule has 2 amide bonds. The maximum absolute atomic E-state index is 13.2. The molecule has 0 spiro atoms.